The minimum absolute atomic E-state index is 0.0124. The molecule has 8 aromatic carbocycles. The molecule has 0 unspecified atom stereocenters. The number of rotatable bonds is 0. The standard InChI is InChI=1S/C63H66BN/c1-60(2,3)37-22-26-41-35(30-37)16-13-20-47-52(41)51-34-64-65-58-42-27-23-38(61(4,5)6)31-36(42)17-14-21-48(58)55-46-29-25-40(63(10,11)12)33-50(46)44-19-15-18-43-49-32-39(62(7,8)9)24-28-45(49)54(47)56(51)57(53(43)44)59(55)65/h15,18-19,22-33,64H,13-14,16-17,20-21,34H2,1-12H3. The summed E-state index contributed by atoms with van der Waals surface area (Å²) in [6.45, 7) is 28.5. The van der Waals surface area contributed by atoms with Crippen molar-refractivity contribution < 1.29 is 0 Å². The molecule has 1 aromatic heterocycles. The molecule has 3 aliphatic rings. The summed E-state index contributed by atoms with van der Waals surface area (Å²) in [5.74, 6) is 0. The quantitative estimate of drug-likeness (QED) is 0.134. The SMILES string of the molecule is CC(C)(C)c1ccc2c(c1)CCCc1c-2c2c3c1c1ccc(C(C)(C)C)cc1c1cccc4c5cc(C(C)(C)C)ccc5c5c6c(n(c5c3c14)BC2)-c1ccc(C(C)(C)C)cc1CCC6. The first-order valence-electron chi connectivity index (χ1n) is 25.0. The van der Waals surface area contributed by atoms with E-state index in [1.165, 1.54) is 115 Å². The molecule has 12 rings (SSSR count). The minimum atomic E-state index is 0.0124. The maximum atomic E-state index is 2.88. The van der Waals surface area contributed by atoms with Crippen molar-refractivity contribution in [2.75, 3.05) is 0 Å². The van der Waals surface area contributed by atoms with Crippen molar-refractivity contribution in [1.82, 2.24) is 4.48 Å². The minimum Gasteiger partial charge on any atom is -0.388 e. The second-order valence-electron chi connectivity index (χ2n) is 24.6. The van der Waals surface area contributed by atoms with Gasteiger partial charge in [-0.2, -0.15) is 0 Å². The van der Waals surface area contributed by atoms with E-state index in [-0.39, 0.29) is 21.7 Å². The molecule has 1 nitrogen and oxygen atoms in total. The molecule has 326 valence electrons. The fraction of sp³-hybridized carbons (Fsp3) is 0.365. The third-order valence-electron chi connectivity index (χ3n) is 16.3. The van der Waals surface area contributed by atoms with Crippen LogP contribution in [0.5, 0.6) is 0 Å². The Morgan fingerprint density at radius 2 is 0.877 bits per heavy atom. The molecular formula is C63H66BN. The highest BCUT2D eigenvalue weighted by Gasteiger charge is 2.35. The van der Waals surface area contributed by atoms with E-state index >= 15 is 0 Å². The van der Waals surface area contributed by atoms with Crippen molar-refractivity contribution in [3.05, 3.63) is 141 Å². The molecule has 0 amide bonds. The van der Waals surface area contributed by atoms with Crippen molar-refractivity contribution in [1.29, 1.82) is 0 Å². The molecule has 0 saturated carbocycles. The third kappa shape index (κ3) is 5.97. The molecule has 0 fully saturated rings. The van der Waals surface area contributed by atoms with Crippen LogP contribution in [-0.4, -0.2) is 11.9 Å². The highest BCUT2D eigenvalue weighted by Crippen LogP contribution is 2.55. The van der Waals surface area contributed by atoms with Gasteiger partial charge in [0.05, 0.1) is 0 Å². The lowest BCUT2D eigenvalue weighted by atomic mass is 9.79. The zero-order valence-electron chi connectivity index (χ0n) is 41.3. The molecule has 2 heteroatoms. The van der Waals surface area contributed by atoms with Gasteiger partial charge in [-0.25, -0.2) is 0 Å². The maximum Gasteiger partial charge on any atom is 0.246 e. The summed E-state index contributed by atoms with van der Waals surface area (Å²) in [6.07, 6.45) is 7.73. The Balaban J connectivity index is 1.39. The number of hydrogen-bond acceptors (Lipinski definition) is 0. The number of aromatic nitrogens is 1. The van der Waals surface area contributed by atoms with E-state index in [4.69, 9.17) is 0 Å². The van der Waals surface area contributed by atoms with Crippen LogP contribution >= 0.6 is 0 Å². The Morgan fingerprint density at radius 1 is 0.400 bits per heavy atom. The second-order valence-corrected chi connectivity index (χ2v) is 24.6. The van der Waals surface area contributed by atoms with Crippen molar-refractivity contribution in [2.45, 2.75) is 150 Å². The van der Waals surface area contributed by atoms with Gasteiger partial charge in [-0.3, -0.25) is 0 Å². The monoisotopic (exact) mass is 848 g/mol. The first-order chi connectivity index (χ1) is 30.8. The Labute approximate surface area is 387 Å². The first kappa shape index (κ1) is 41.1. The van der Waals surface area contributed by atoms with Gasteiger partial charge in [0.25, 0.3) is 0 Å². The lowest BCUT2D eigenvalue weighted by molar-refractivity contribution is 0.589. The maximum absolute atomic E-state index is 2.88. The van der Waals surface area contributed by atoms with Crippen LogP contribution in [-0.2, 0) is 53.7 Å². The van der Waals surface area contributed by atoms with Gasteiger partial charge < -0.3 is 4.48 Å². The summed E-state index contributed by atoms with van der Waals surface area (Å²) in [4.78, 5) is 0. The summed E-state index contributed by atoms with van der Waals surface area (Å²) in [5, 5.41) is 15.9. The van der Waals surface area contributed by atoms with Gasteiger partial charge >= 0.3 is 0 Å². The van der Waals surface area contributed by atoms with E-state index in [2.05, 4.69) is 179 Å². The lowest BCUT2D eigenvalue weighted by Gasteiger charge is -2.22. The summed E-state index contributed by atoms with van der Waals surface area (Å²) >= 11 is 0. The Morgan fingerprint density at radius 3 is 1.45 bits per heavy atom. The van der Waals surface area contributed by atoms with Crippen LogP contribution in [0.25, 0.3) is 87.1 Å². The van der Waals surface area contributed by atoms with E-state index in [9.17, 15) is 0 Å². The number of hydrogen-bond donors (Lipinski definition) is 0. The normalized spacial score (nSPS) is 15.4. The summed E-state index contributed by atoms with van der Waals surface area (Å²) < 4.78 is 2.88. The van der Waals surface area contributed by atoms with E-state index in [0.717, 1.165) is 52.3 Å². The van der Waals surface area contributed by atoms with Crippen molar-refractivity contribution in [2.24, 2.45) is 0 Å². The molecule has 9 aromatic rings. The van der Waals surface area contributed by atoms with E-state index < -0.39 is 0 Å². The molecule has 65 heavy (non-hydrogen) atoms. The molecule has 0 N–H and O–H groups in total. The molecule has 0 spiro atoms. The smallest absolute Gasteiger partial charge is 0.246 e. The van der Waals surface area contributed by atoms with Crippen LogP contribution in [0.1, 0.15) is 146 Å². The fourth-order valence-electron chi connectivity index (χ4n) is 12.8. The van der Waals surface area contributed by atoms with E-state index in [1.54, 1.807) is 22.3 Å². The predicted molar refractivity (Wildman–Crippen MR) is 285 cm³/mol. The van der Waals surface area contributed by atoms with Gasteiger partial charge in [0.2, 0.25) is 7.41 Å². The van der Waals surface area contributed by atoms with Crippen molar-refractivity contribution in [3.8, 4) is 22.4 Å². The predicted octanol–water partition coefficient (Wildman–Crippen LogP) is 16.6. The van der Waals surface area contributed by atoms with E-state index in [0.29, 0.717) is 0 Å². The van der Waals surface area contributed by atoms with Gasteiger partial charge in [0, 0.05) is 32.9 Å². The highest BCUT2D eigenvalue weighted by atomic mass is 14.9. The Hall–Kier alpha value is -5.34. The van der Waals surface area contributed by atoms with E-state index in [1.807, 2.05) is 0 Å². The summed E-state index contributed by atoms with van der Waals surface area (Å²) in [6, 6.07) is 37.6. The van der Waals surface area contributed by atoms with Gasteiger partial charge in [-0.1, -0.05) is 162 Å². The molecule has 1 aliphatic heterocycles. The third-order valence-corrected chi connectivity index (χ3v) is 16.3. The fourth-order valence-corrected chi connectivity index (χ4v) is 12.8. The van der Waals surface area contributed by atoms with Crippen LogP contribution in [0, 0.1) is 0 Å². The highest BCUT2D eigenvalue weighted by molar-refractivity contribution is 6.47. The molecule has 0 saturated heterocycles. The second kappa shape index (κ2) is 13.6. The molecule has 0 radical (unpaired) electrons. The van der Waals surface area contributed by atoms with Crippen molar-refractivity contribution >= 4 is 72.2 Å². The first-order valence-corrected chi connectivity index (χ1v) is 25.0. The van der Waals surface area contributed by atoms with Crippen LogP contribution in [0.15, 0.2) is 91.0 Å². The summed E-state index contributed by atoms with van der Waals surface area (Å²) in [7, 11) is 0.961. The molecular weight excluding hydrogens is 782 g/mol. The average molecular weight is 848 g/mol. The topological polar surface area (TPSA) is 4.93 Å². The number of nitrogens with zero attached hydrogens (tertiary/aromatic N) is 1. The zero-order valence-corrected chi connectivity index (χ0v) is 41.3. The largest absolute Gasteiger partial charge is 0.388 e. The molecule has 0 atom stereocenters. The Bertz CT molecular complexity index is 3330. The van der Waals surface area contributed by atoms with Gasteiger partial charge in [-0.05, 0) is 183 Å². The average Bonchev–Trinajstić information content (AvgIpc) is 3.38. The van der Waals surface area contributed by atoms with Gasteiger partial charge in [0.15, 0.2) is 0 Å². The van der Waals surface area contributed by atoms with Crippen LogP contribution < -0.4 is 0 Å². The molecule has 2 heterocycles. The van der Waals surface area contributed by atoms with Crippen LogP contribution in [0.3, 0.4) is 0 Å². The van der Waals surface area contributed by atoms with Gasteiger partial charge in [-0.15, -0.1) is 0 Å². The van der Waals surface area contributed by atoms with Gasteiger partial charge in [0.1, 0.15) is 0 Å². The molecule has 0 bridgehead atoms. The Kier molecular flexibility index (Phi) is 8.62. The summed E-state index contributed by atoms with van der Waals surface area (Å²) in [5.41, 5.74) is 21.1. The lowest BCUT2D eigenvalue weighted by Crippen LogP contribution is -2.13. The van der Waals surface area contributed by atoms with Crippen LogP contribution in [0.4, 0.5) is 0 Å². The number of fused-ring (bicyclic) bond motifs is 16. The van der Waals surface area contributed by atoms with Crippen molar-refractivity contribution in [3.63, 3.8) is 0 Å². The van der Waals surface area contributed by atoms with Crippen LogP contribution in [0.2, 0.25) is 0 Å². The number of benzene rings is 5. The molecule has 2 aliphatic carbocycles. The zero-order chi connectivity index (χ0) is 45.3. The number of aryl methyl sites for hydroxylation is 4.